The fourth-order valence-corrected chi connectivity index (χ4v) is 4.92. The standard InChI is InChI=1S/C27H23N7O6/c28-22-10-23-30-19(25(36)32-17-5-3-14-8-15(27(38)39)2-4-16(14)17)9-20(34(23)33-22)26(37)29-11-13-1-6-21-18(7-13)31-24(35)12-40-21/h1-2,4,6-10,17H,3,5,11-12H2,(H2,28,33)(H,29,37)(H,31,35)(H,32,36)(H,38,39)/t17-/m0/s1. The topological polar surface area (TPSA) is 190 Å². The number of rotatable bonds is 6. The molecule has 13 heteroatoms. The molecule has 2 aromatic heterocycles. The second-order valence-corrected chi connectivity index (χ2v) is 9.50. The van der Waals surface area contributed by atoms with Crippen molar-refractivity contribution in [3.8, 4) is 5.75 Å². The molecule has 6 N–H and O–H groups in total. The average Bonchev–Trinajstić information content (AvgIpc) is 3.52. The highest BCUT2D eigenvalue weighted by Crippen LogP contribution is 2.32. The summed E-state index contributed by atoms with van der Waals surface area (Å²) < 4.78 is 6.63. The van der Waals surface area contributed by atoms with E-state index >= 15 is 0 Å². The third-order valence-corrected chi connectivity index (χ3v) is 6.81. The van der Waals surface area contributed by atoms with Crippen molar-refractivity contribution in [1.82, 2.24) is 25.2 Å². The molecule has 4 aromatic rings. The van der Waals surface area contributed by atoms with E-state index in [-0.39, 0.29) is 53.5 Å². The van der Waals surface area contributed by atoms with Crippen LogP contribution in [0.3, 0.4) is 0 Å². The van der Waals surface area contributed by atoms with E-state index in [0.29, 0.717) is 29.8 Å². The van der Waals surface area contributed by atoms with Crippen LogP contribution in [0, 0.1) is 0 Å². The Morgan fingerprint density at radius 2 is 1.98 bits per heavy atom. The summed E-state index contributed by atoms with van der Waals surface area (Å²) in [7, 11) is 0. The lowest BCUT2D eigenvalue weighted by molar-refractivity contribution is -0.118. The number of hydrogen-bond acceptors (Lipinski definition) is 8. The van der Waals surface area contributed by atoms with Gasteiger partial charge < -0.3 is 31.5 Å². The van der Waals surface area contributed by atoms with Gasteiger partial charge in [0.2, 0.25) is 0 Å². The number of carboxylic acids is 1. The third-order valence-electron chi connectivity index (χ3n) is 6.81. The first-order chi connectivity index (χ1) is 19.2. The Labute approximate surface area is 226 Å². The molecule has 1 aliphatic carbocycles. The molecule has 0 spiro atoms. The number of carbonyl (C=O) groups excluding carboxylic acids is 3. The number of anilines is 2. The summed E-state index contributed by atoms with van der Waals surface area (Å²) in [5.41, 5.74) is 9.27. The van der Waals surface area contributed by atoms with Crippen molar-refractivity contribution in [2.24, 2.45) is 0 Å². The van der Waals surface area contributed by atoms with Gasteiger partial charge in [0.15, 0.2) is 12.3 Å². The minimum Gasteiger partial charge on any atom is -0.482 e. The van der Waals surface area contributed by atoms with Gasteiger partial charge in [-0.15, -0.1) is 5.10 Å². The van der Waals surface area contributed by atoms with E-state index in [1.807, 2.05) is 0 Å². The number of aromatic carboxylic acids is 1. The molecular weight excluding hydrogens is 518 g/mol. The molecule has 0 fully saturated rings. The highest BCUT2D eigenvalue weighted by Gasteiger charge is 2.27. The Morgan fingerprint density at radius 3 is 2.80 bits per heavy atom. The van der Waals surface area contributed by atoms with Crippen molar-refractivity contribution in [2.45, 2.75) is 25.4 Å². The number of carbonyl (C=O) groups is 4. The van der Waals surface area contributed by atoms with Crippen molar-refractivity contribution in [3.05, 3.63) is 82.2 Å². The van der Waals surface area contributed by atoms with Gasteiger partial charge in [0.25, 0.3) is 17.7 Å². The molecule has 13 nitrogen and oxygen atoms in total. The number of benzene rings is 2. The largest absolute Gasteiger partial charge is 0.482 e. The zero-order valence-electron chi connectivity index (χ0n) is 20.9. The molecule has 1 aliphatic heterocycles. The maximum Gasteiger partial charge on any atom is 0.335 e. The number of nitrogens with zero attached hydrogens (tertiary/aromatic N) is 3. The molecule has 6 rings (SSSR count). The third kappa shape index (κ3) is 4.64. The molecule has 0 bridgehead atoms. The first kappa shape index (κ1) is 24.9. The van der Waals surface area contributed by atoms with Gasteiger partial charge in [-0.25, -0.2) is 14.3 Å². The van der Waals surface area contributed by atoms with Gasteiger partial charge in [0.1, 0.15) is 23.0 Å². The summed E-state index contributed by atoms with van der Waals surface area (Å²) in [6.07, 6.45) is 1.23. The van der Waals surface area contributed by atoms with Crippen molar-refractivity contribution >= 4 is 40.8 Å². The Balaban J connectivity index is 1.22. The fourth-order valence-electron chi connectivity index (χ4n) is 4.92. The molecule has 3 heterocycles. The van der Waals surface area contributed by atoms with E-state index in [1.165, 1.54) is 22.7 Å². The molecule has 0 unspecified atom stereocenters. The van der Waals surface area contributed by atoms with Gasteiger partial charge in [-0.2, -0.15) is 0 Å². The zero-order chi connectivity index (χ0) is 28.0. The first-order valence-electron chi connectivity index (χ1n) is 12.4. The van der Waals surface area contributed by atoms with E-state index < -0.39 is 17.8 Å². The zero-order valence-corrected chi connectivity index (χ0v) is 20.9. The van der Waals surface area contributed by atoms with Crippen molar-refractivity contribution in [1.29, 1.82) is 0 Å². The average molecular weight is 542 g/mol. The smallest absolute Gasteiger partial charge is 0.335 e. The van der Waals surface area contributed by atoms with Crippen molar-refractivity contribution in [2.75, 3.05) is 17.7 Å². The normalized spacial score (nSPS) is 15.5. The van der Waals surface area contributed by atoms with Crippen LogP contribution in [0.15, 0.2) is 48.5 Å². The van der Waals surface area contributed by atoms with Crippen LogP contribution in [-0.4, -0.2) is 50.0 Å². The number of carboxylic acid groups (broad SMARTS) is 1. The van der Waals surface area contributed by atoms with Crippen LogP contribution in [0.2, 0.25) is 0 Å². The molecule has 0 radical (unpaired) electrons. The Morgan fingerprint density at radius 1 is 1.12 bits per heavy atom. The Kier molecular flexibility index (Phi) is 6.02. The van der Waals surface area contributed by atoms with E-state index in [9.17, 15) is 24.3 Å². The van der Waals surface area contributed by atoms with Gasteiger partial charge in [-0.3, -0.25) is 14.4 Å². The number of amides is 3. The van der Waals surface area contributed by atoms with E-state index in [0.717, 1.165) is 11.1 Å². The van der Waals surface area contributed by atoms with Crippen LogP contribution < -0.4 is 26.4 Å². The summed E-state index contributed by atoms with van der Waals surface area (Å²) in [5.74, 6) is -1.62. The van der Waals surface area contributed by atoms with Crippen LogP contribution in [0.1, 0.15) is 60.5 Å². The van der Waals surface area contributed by atoms with E-state index in [4.69, 9.17) is 10.5 Å². The number of ether oxygens (including phenoxy) is 1. The number of fused-ring (bicyclic) bond motifs is 3. The molecule has 1 atom stereocenters. The predicted octanol–water partition coefficient (Wildman–Crippen LogP) is 1.69. The molecule has 40 heavy (non-hydrogen) atoms. The second-order valence-electron chi connectivity index (χ2n) is 9.50. The predicted molar refractivity (Wildman–Crippen MR) is 141 cm³/mol. The Hall–Kier alpha value is -5.46. The van der Waals surface area contributed by atoms with E-state index in [1.54, 1.807) is 30.3 Å². The summed E-state index contributed by atoms with van der Waals surface area (Å²) in [4.78, 5) is 53.7. The van der Waals surface area contributed by atoms with E-state index in [2.05, 4.69) is 26.0 Å². The monoisotopic (exact) mass is 541 g/mol. The summed E-state index contributed by atoms with van der Waals surface area (Å²) in [6.45, 7) is 0.0736. The molecule has 0 saturated heterocycles. The molecule has 3 amide bonds. The number of nitrogens with two attached hydrogens (primary N) is 1. The summed E-state index contributed by atoms with van der Waals surface area (Å²) >= 11 is 0. The summed E-state index contributed by atoms with van der Waals surface area (Å²) in [6, 6.07) is 12.5. The number of aryl methyl sites for hydroxylation is 1. The quantitative estimate of drug-likeness (QED) is 0.242. The van der Waals surface area contributed by atoms with Crippen molar-refractivity contribution in [3.63, 3.8) is 0 Å². The highest BCUT2D eigenvalue weighted by atomic mass is 16.5. The molecule has 202 valence electrons. The maximum absolute atomic E-state index is 13.2. The second kappa shape index (κ2) is 9.69. The molecule has 2 aromatic carbocycles. The minimum atomic E-state index is -1.01. The lowest BCUT2D eigenvalue weighted by Gasteiger charge is -2.18. The molecule has 0 saturated carbocycles. The first-order valence-corrected chi connectivity index (χ1v) is 12.4. The van der Waals surface area contributed by atoms with Crippen LogP contribution >= 0.6 is 0 Å². The fraction of sp³-hybridized carbons (Fsp3) is 0.185. The lowest BCUT2D eigenvalue weighted by atomic mass is 10.0. The van der Waals surface area contributed by atoms with Crippen LogP contribution in [0.4, 0.5) is 11.5 Å². The SMILES string of the molecule is Nc1cc2nc(C(=O)N[C@H]3CCc4cc(C(=O)O)ccc43)cc(C(=O)NCc3ccc4c(c3)NC(=O)CO4)n2n1. The summed E-state index contributed by atoms with van der Waals surface area (Å²) in [5, 5.41) is 21.9. The minimum absolute atomic E-state index is 0.00166. The lowest BCUT2D eigenvalue weighted by Crippen LogP contribution is -2.30. The van der Waals surface area contributed by atoms with Gasteiger partial charge in [0, 0.05) is 18.7 Å². The number of hydrogen-bond donors (Lipinski definition) is 5. The number of nitrogens with one attached hydrogen (secondary N) is 3. The Bertz CT molecular complexity index is 1730. The van der Waals surface area contributed by atoms with Crippen LogP contribution in [0.25, 0.3) is 5.65 Å². The van der Waals surface area contributed by atoms with Crippen LogP contribution in [-0.2, 0) is 17.8 Å². The molecular formula is C27H23N7O6. The highest BCUT2D eigenvalue weighted by molar-refractivity contribution is 5.99. The number of aromatic nitrogens is 3. The van der Waals surface area contributed by atoms with Gasteiger partial charge in [0.05, 0.1) is 17.3 Å². The van der Waals surface area contributed by atoms with Gasteiger partial charge in [-0.05, 0) is 53.8 Å². The number of nitrogen functional groups attached to an aromatic ring is 1. The maximum atomic E-state index is 13.2. The van der Waals surface area contributed by atoms with Gasteiger partial charge in [-0.1, -0.05) is 12.1 Å². The van der Waals surface area contributed by atoms with Gasteiger partial charge >= 0.3 is 5.97 Å². The molecule has 2 aliphatic rings. The van der Waals surface area contributed by atoms with Crippen molar-refractivity contribution < 1.29 is 29.0 Å². The van der Waals surface area contributed by atoms with Crippen LogP contribution in [0.5, 0.6) is 5.75 Å².